The Hall–Kier alpha value is 0.270. The maximum Gasteiger partial charge on any atom is 0.0757 e. The van der Waals surface area contributed by atoms with Gasteiger partial charge in [0.05, 0.1) is 6.10 Å². The minimum Gasteiger partial charge on any atom is -0.376 e. The molecule has 3 aliphatic rings. The molecule has 1 saturated carbocycles. The van der Waals surface area contributed by atoms with Crippen molar-refractivity contribution in [2.24, 2.45) is 11.3 Å². The van der Waals surface area contributed by atoms with E-state index in [2.05, 4.69) is 30.9 Å². The third-order valence-corrected chi connectivity index (χ3v) is 5.82. The van der Waals surface area contributed by atoms with Crippen LogP contribution in [0.2, 0.25) is 0 Å². The van der Waals surface area contributed by atoms with Gasteiger partial charge in [0.15, 0.2) is 0 Å². The smallest absolute Gasteiger partial charge is 0.0757 e. The Kier molecular flexibility index (Phi) is 3.44. The molecular formula is C14H25NOS. The first-order valence-corrected chi connectivity index (χ1v) is 8.28. The second-order valence-electron chi connectivity index (χ2n) is 6.60. The molecule has 0 amide bonds. The van der Waals surface area contributed by atoms with Gasteiger partial charge < -0.3 is 10.1 Å². The van der Waals surface area contributed by atoms with Crippen molar-refractivity contribution in [2.75, 3.05) is 18.1 Å². The lowest BCUT2D eigenvalue weighted by Gasteiger charge is -2.41. The fourth-order valence-electron chi connectivity index (χ4n) is 3.15. The van der Waals surface area contributed by atoms with Gasteiger partial charge in [0, 0.05) is 24.4 Å². The molecule has 98 valence electrons. The largest absolute Gasteiger partial charge is 0.376 e. The van der Waals surface area contributed by atoms with E-state index >= 15 is 0 Å². The van der Waals surface area contributed by atoms with Crippen molar-refractivity contribution >= 4 is 11.8 Å². The van der Waals surface area contributed by atoms with Crippen molar-refractivity contribution in [1.29, 1.82) is 0 Å². The van der Waals surface area contributed by atoms with Gasteiger partial charge in [0.2, 0.25) is 0 Å². The first-order chi connectivity index (χ1) is 8.17. The summed E-state index contributed by atoms with van der Waals surface area (Å²) in [6, 6.07) is 1.31. The Labute approximate surface area is 109 Å². The van der Waals surface area contributed by atoms with Crippen LogP contribution in [-0.4, -0.2) is 36.3 Å². The lowest BCUT2D eigenvalue weighted by molar-refractivity contribution is 0.0742. The van der Waals surface area contributed by atoms with Gasteiger partial charge in [0.25, 0.3) is 0 Å². The quantitative estimate of drug-likeness (QED) is 0.838. The maximum atomic E-state index is 5.93. The molecule has 0 aromatic heterocycles. The fraction of sp³-hybridized carbons (Fsp3) is 1.00. The predicted octanol–water partition coefficient (Wildman–Crippen LogP) is 2.68. The second kappa shape index (κ2) is 4.75. The third-order valence-electron chi connectivity index (χ3n) is 4.76. The first kappa shape index (κ1) is 12.3. The van der Waals surface area contributed by atoms with Crippen LogP contribution in [0.15, 0.2) is 0 Å². The molecule has 0 radical (unpaired) electrons. The molecule has 0 spiro atoms. The Morgan fingerprint density at radius 1 is 1.24 bits per heavy atom. The summed E-state index contributed by atoms with van der Waals surface area (Å²) in [5, 5.41) is 3.93. The van der Waals surface area contributed by atoms with Crippen molar-refractivity contribution in [3.63, 3.8) is 0 Å². The summed E-state index contributed by atoms with van der Waals surface area (Å²) in [6.45, 7) is 5.82. The van der Waals surface area contributed by atoms with Crippen molar-refractivity contribution in [2.45, 2.75) is 57.7 Å². The molecule has 2 saturated heterocycles. The third kappa shape index (κ3) is 2.66. The number of hydrogen-bond acceptors (Lipinski definition) is 3. The molecule has 1 N–H and O–H groups in total. The first-order valence-electron chi connectivity index (χ1n) is 7.12. The van der Waals surface area contributed by atoms with Gasteiger partial charge in [-0.25, -0.2) is 0 Å². The van der Waals surface area contributed by atoms with Crippen LogP contribution >= 0.6 is 11.8 Å². The molecule has 3 rings (SSSR count). The van der Waals surface area contributed by atoms with Gasteiger partial charge in [-0.2, -0.15) is 11.8 Å². The molecule has 2 heterocycles. The van der Waals surface area contributed by atoms with Crippen LogP contribution in [0.4, 0.5) is 0 Å². The summed E-state index contributed by atoms with van der Waals surface area (Å²) in [5.74, 6) is 3.48. The van der Waals surface area contributed by atoms with E-state index in [1.54, 1.807) is 0 Å². The Morgan fingerprint density at radius 2 is 2.06 bits per heavy atom. The number of ether oxygens (including phenoxy) is 1. The van der Waals surface area contributed by atoms with Crippen LogP contribution in [0.3, 0.4) is 0 Å². The zero-order chi connectivity index (χ0) is 11.9. The average molecular weight is 255 g/mol. The highest BCUT2D eigenvalue weighted by molar-refractivity contribution is 7.99. The molecule has 0 aromatic rings. The van der Waals surface area contributed by atoms with Crippen molar-refractivity contribution in [3.05, 3.63) is 0 Å². The zero-order valence-corrected chi connectivity index (χ0v) is 11.9. The lowest BCUT2D eigenvalue weighted by atomic mass is 9.81. The van der Waals surface area contributed by atoms with Crippen LogP contribution in [-0.2, 0) is 4.74 Å². The van der Waals surface area contributed by atoms with E-state index in [0.29, 0.717) is 23.6 Å². The van der Waals surface area contributed by atoms with E-state index in [1.807, 2.05) is 0 Å². The lowest BCUT2D eigenvalue weighted by Crippen LogP contribution is -2.53. The Morgan fingerprint density at radius 3 is 2.76 bits per heavy atom. The molecule has 2 nitrogen and oxygen atoms in total. The van der Waals surface area contributed by atoms with Crippen molar-refractivity contribution in [3.8, 4) is 0 Å². The van der Waals surface area contributed by atoms with Gasteiger partial charge in [-0.15, -0.1) is 0 Å². The minimum atomic E-state index is 0.460. The molecule has 3 fully saturated rings. The Bertz CT molecular complexity index is 277. The molecule has 0 aromatic carbocycles. The van der Waals surface area contributed by atoms with Crippen LogP contribution in [0.1, 0.15) is 39.5 Å². The second-order valence-corrected chi connectivity index (χ2v) is 7.75. The van der Waals surface area contributed by atoms with Crippen molar-refractivity contribution in [1.82, 2.24) is 5.32 Å². The maximum absolute atomic E-state index is 5.93. The summed E-state index contributed by atoms with van der Waals surface area (Å²) in [6.07, 6.45) is 5.88. The standard InChI is InChI=1S/C14H25NOS/c1-14(2)6-8-17-9-12(14)15-11-5-7-16-13(11)10-3-4-10/h10-13,15H,3-9H2,1-2H3. The zero-order valence-electron chi connectivity index (χ0n) is 11.1. The minimum absolute atomic E-state index is 0.460. The van der Waals surface area contributed by atoms with Gasteiger partial charge >= 0.3 is 0 Å². The monoisotopic (exact) mass is 255 g/mol. The van der Waals surface area contributed by atoms with Gasteiger partial charge in [-0.3, -0.25) is 0 Å². The van der Waals surface area contributed by atoms with Gasteiger partial charge in [0.1, 0.15) is 0 Å². The molecular weight excluding hydrogens is 230 g/mol. The summed E-state index contributed by atoms with van der Waals surface area (Å²) in [5.41, 5.74) is 0.460. The van der Waals surface area contributed by atoms with E-state index in [9.17, 15) is 0 Å². The molecule has 3 atom stereocenters. The molecule has 0 bridgehead atoms. The average Bonchev–Trinajstić information content (AvgIpc) is 3.02. The highest BCUT2D eigenvalue weighted by Crippen LogP contribution is 2.40. The van der Waals surface area contributed by atoms with Crippen LogP contribution in [0.5, 0.6) is 0 Å². The molecule has 3 unspecified atom stereocenters. The van der Waals surface area contributed by atoms with Gasteiger partial charge in [-0.05, 0) is 42.8 Å². The summed E-state index contributed by atoms with van der Waals surface area (Å²) in [4.78, 5) is 0. The van der Waals surface area contributed by atoms with E-state index in [-0.39, 0.29) is 0 Å². The van der Waals surface area contributed by atoms with E-state index < -0.39 is 0 Å². The van der Waals surface area contributed by atoms with Crippen LogP contribution in [0.25, 0.3) is 0 Å². The number of hydrogen-bond donors (Lipinski definition) is 1. The summed E-state index contributed by atoms with van der Waals surface area (Å²) >= 11 is 2.11. The molecule has 1 aliphatic carbocycles. The van der Waals surface area contributed by atoms with Crippen LogP contribution in [0, 0.1) is 11.3 Å². The van der Waals surface area contributed by atoms with E-state index in [4.69, 9.17) is 4.74 Å². The fourth-order valence-corrected chi connectivity index (χ4v) is 4.77. The van der Waals surface area contributed by atoms with Gasteiger partial charge in [-0.1, -0.05) is 13.8 Å². The molecule has 17 heavy (non-hydrogen) atoms. The number of rotatable bonds is 3. The normalized spacial score (nSPS) is 41.6. The van der Waals surface area contributed by atoms with E-state index in [0.717, 1.165) is 12.5 Å². The summed E-state index contributed by atoms with van der Waals surface area (Å²) < 4.78 is 5.93. The topological polar surface area (TPSA) is 21.3 Å². The molecule has 2 aliphatic heterocycles. The molecule has 3 heteroatoms. The summed E-state index contributed by atoms with van der Waals surface area (Å²) in [7, 11) is 0. The highest BCUT2D eigenvalue weighted by Gasteiger charge is 2.43. The highest BCUT2D eigenvalue weighted by atomic mass is 32.2. The number of thioether (sulfide) groups is 1. The van der Waals surface area contributed by atoms with E-state index in [1.165, 1.54) is 37.2 Å². The predicted molar refractivity (Wildman–Crippen MR) is 73.5 cm³/mol. The Balaban J connectivity index is 1.61. The van der Waals surface area contributed by atoms with Crippen molar-refractivity contribution < 1.29 is 4.74 Å². The van der Waals surface area contributed by atoms with Crippen LogP contribution < -0.4 is 5.32 Å². The SMILES string of the molecule is CC1(C)CCSCC1NC1CCOC1C1CC1. The number of nitrogens with one attached hydrogen (secondary N) is 1.